The minimum Gasteiger partial charge on any atom is -0.480 e. The highest BCUT2D eigenvalue weighted by Crippen LogP contribution is 2.06. The Morgan fingerprint density at radius 3 is 2.44 bits per heavy atom. The van der Waals surface area contributed by atoms with Gasteiger partial charge >= 0.3 is 5.97 Å². The van der Waals surface area contributed by atoms with E-state index in [0.29, 0.717) is 39.3 Å². The summed E-state index contributed by atoms with van der Waals surface area (Å²) in [5.41, 5.74) is 5.26. The molecule has 18 heavy (non-hydrogen) atoms. The van der Waals surface area contributed by atoms with E-state index in [1.807, 2.05) is 4.90 Å². The van der Waals surface area contributed by atoms with E-state index in [-0.39, 0.29) is 12.5 Å². The number of carbonyl (C=O) groups excluding carboxylic acids is 1. The summed E-state index contributed by atoms with van der Waals surface area (Å²) in [5.74, 6) is -0.896. The highest BCUT2D eigenvalue weighted by atomic mass is 16.5. The van der Waals surface area contributed by atoms with Gasteiger partial charge in [0, 0.05) is 32.7 Å². The fourth-order valence-corrected chi connectivity index (χ4v) is 1.85. The molecule has 0 aliphatic carbocycles. The molecule has 1 aliphatic heterocycles. The van der Waals surface area contributed by atoms with E-state index in [9.17, 15) is 9.59 Å². The topological polar surface area (TPSA) is 96.1 Å². The van der Waals surface area contributed by atoms with Crippen LogP contribution in [0.15, 0.2) is 0 Å². The van der Waals surface area contributed by atoms with E-state index in [4.69, 9.17) is 15.6 Å². The second-order valence-corrected chi connectivity index (χ2v) is 4.27. The van der Waals surface area contributed by atoms with Gasteiger partial charge in [0.05, 0.1) is 6.61 Å². The van der Waals surface area contributed by atoms with Crippen molar-refractivity contribution in [1.82, 2.24) is 9.80 Å². The number of rotatable bonds is 6. The second kappa shape index (κ2) is 7.30. The van der Waals surface area contributed by atoms with Crippen molar-refractivity contribution in [3.63, 3.8) is 0 Å². The van der Waals surface area contributed by atoms with E-state index in [1.165, 1.54) is 0 Å². The molecule has 0 aromatic heterocycles. The molecule has 1 unspecified atom stereocenters. The molecular weight excluding hydrogens is 238 g/mol. The van der Waals surface area contributed by atoms with Gasteiger partial charge in [-0.1, -0.05) is 0 Å². The van der Waals surface area contributed by atoms with Crippen LogP contribution in [0.25, 0.3) is 0 Å². The molecule has 1 saturated heterocycles. The Morgan fingerprint density at radius 2 is 1.94 bits per heavy atom. The average Bonchev–Trinajstić information content (AvgIpc) is 2.38. The zero-order chi connectivity index (χ0) is 13.5. The first kappa shape index (κ1) is 14.9. The highest BCUT2D eigenvalue weighted by molar-refractivity contribution is 5.77. The Morgan fingerprint density at radius 1 is 1.33 bits per heavy atom. The smallest absolute Gasteiger partial charge is 0.320 e. The number of ether oxygens (including phenoxy) is 1. The molecule has 104 valence electrons. The number of nitrogens with two attached hydrogens (primary N) is 1. The van der Waals surface area contributed by atoms with E-state index < -0.39 is 12.0 Å². The lowest BCUT2D eigenvalue weighted by atomic mass is 10.2. The molecule has 1 fully saturated rings. The van der Waals surface area contributed by atoms with Crippen molar-refractivity contribution in [2.24, 2.45) is 5.73 Å². The minimum atomic E-state index is -0.832. The monoisotopic (exact) mass is 259 g/mol. The molecule has 3 N–H and O–H groups in total. The zero-order valence-corrected chi connectivity index (χ0v) is 10.7. The molecule has 0 saturated carbocycles. The lowest BCUT2D eigenvalue weighted by Gasteiger charge is -2.36. The number of carboxylic acids is 1. The lowest BCUT2D eigenvalue weighted by molar-refractivity contribution is -0.144. The summed E-state index contributed by atoms with van der Waals surface area (Å²) in [6.45, 7) is 4.73. The maximum atomic E-state index is 11.7. The Bertz CT molecular complexity index is 290. The van der Waals surface area contributed by atoms with Crippen molar-refractivity contribution in [3.8, 4) is 0 Å². The molecular formula is C11H21N3O4. The van der Waals surface area contributed by atoms with Crippen LogP contribution in [0.5, 0.6) is 0 Å². The summed E-state index contributed by atoms with van der Waals surface area (Å²) in [6.07, 6.45) is 0. The molecule has 0 spiro atoms. The van der Waals surface area contributed by atoms with Gasteiger partial charge in [-0.25, -0.2) is 0 Å². The maximum absolute atomic E-state index is 11.7. The molecule has 0 aromatic rings. The summed E-state index contributed by atoms with van der Waals surface area (Å²) >= 11 is 0. The molecule has 7 heteroatoms. The van der Waals surface area contributed by atoms with Crippen LogP contribution >= 0.6 is 0 Å². The number of piperazine rings is 1. The molecule has 1 atom stereocenters. The molecule has 7 nitrogen and oxygen atoms in total. The van der Waals surface area contributed by atoms with Crippen molar-refractivity contribution < 1.29 is 19.4 Å². The van der Waals surface area contributed by atoms with Crippen molar-refractivity contribution in [1.29, 1.82) is 0 Å². The van der Waals surface area contributed by atoms with Gasteiger partial charge in [-0.2, -0.15) is 0 Å². The first-order valence-electron chi connectivity index (χ1n) is 6.08. The Labute approximate surface area is 106 Å². The van der Waals surface area contributed by atoms with Crippen molar-refractivity contribution in [2.45, 2.75) is 13.0 Å². The molecule has 1 heterocycles. The quantitative estimate of drug-likeness (QED) is 0.568. The average molecular weight is 259 g/mol. The second-order valence-electron chi connectivity index (χ2n) is 4.27. The van der Waals surface area contributed by atoms with Gasteiger partial charge in [0.15, 0.2) is 0 Å². The number of hydrogen-bond donors (Lipinski definition) is 2. The van der Waals surface area contributed by atoms with Crippen molar-refractivity contribution >= 4 is 11.9 Å². The SMILES string of the molecule is CC(C(=O)O)N1CCN(C(=O)COCCN)CC1. The fourth-order valence-electron chi connectivity index (χ4n) is 1.85. The number of nitrogens with zero attached hydrogens (tertiary/aromatic N) is 2. The molecule has 1 aliphatic rings. The van der Waals surface area contributed by atoms with Crippen molar-refractivity contribution in [2.75, 3.05) is 45.9 Å². The van der Waals surface area contributed by atoms with Gasteiger partial charge in [-0.3, -0.25) is 14.5 Å². The molecule has 1 rings (SSSR count). The summed E-state index contributed by atoms with van der Waals surface area (Å²) in [5, 5.41) is 8.90. The van der Waals surface area contributed by atoms with Crippen molar-refractivity contribution in [3.05, 3.63) is 0 Å². The standard InChI is InChI=1S/C11H21N3O4/c1-9(11(16)17)13-3-5-14(6-4-13)10(15)8-18-7-2-12/h9H,2-8,12H2,1H3,(H,16,17). The van der Waals surface area contributed by atoms with Crippen LogP contribution in [-0.2, 0) is 14.3 Å². The summed E-state index contributed by atoms with van der Waals surface area (Å²) < 4.78 is 5.09. The summed E-state index contributed by atoms with van der Waals surface area (Å²) in [7, 11) is 0. The van der Waals surface area contributed by atoms with E-state index in [2.05, 4.69) is 0 Å². The third-order valence-corrected chi connectivity index (χ3v) is 3.06. The van der Waals surface area contributed by atoms with Crippen LogP contribution < -0.4 is 5.73 Å². The van der Waals surface area contributed by atoms with Gasteiger partial charge in [0.2, 0.25) is 5.91 Å². The molecule has 0 bridgehead atoms. The third-order valence-electron chi connectivity index (χ3n) is 3.06. The van der Waals surface area contributed by atoms with Crippen LogP contribution in [0.2, 0.25) is 0 Å². The number of carboxylic acid groups (broad SMARTS) is 1. The summed E-state index contributed by atoms with van der Waals surface area (Å²) in [6, 6.07) is -0.504. The van der Waals surface area contributed by atoms with E-state index in [0.717, 1.165) is 0 Å². The van der Waals surface area contributed by atoms with E-state index in [1.54, 1.807) is 11.8 Å². The van der Waals surface area contributed by atoms with Crippen LogP contribution in [-0.4, -0.2) is 78.8 Å². The van der Waals surface area contributed by atoms with Gasteiger partial charge in [0.1, 0.15) is 12.6 Å². The predicted octanol–water partition coefficient (Wildman–Crippen LogP) is -1.42. The van der Waals surface area contributed by atoms with Crippen LogP contribution in [0, 0.1) is 0 Å². The Kier molecular flexibility index (Phi) is 6.03. The van der Waals surface area contributed by atoms with Gasteiger partial charge in [-0.15, -0.1) is 0 Å². The first-order chi connectivity index (χ1) is 8.56. The van der Waals surface area contributed by atoms with E-state index >= 15 is 0 Å². The number of aliphatic carboxylic acids is 1. The van der Waals surface area contributed by atoms with Gasteiger partial charge in [-0.05, 0) is 6.92 Å². The van der Waals surface area contributed by atoms with Gasteiger partial charge in [0.25, 0.3) is 0 Å². The zero-order valence-electron chi connectivity index (χ0n) is 10.7. The van der Waals surface area contributed by atoms with Gasteiger partial charge < -0.3 is 20.5 Å². The fraction of sp³-hybridized carbons (Fsp3) is 0.818. The van der Waals surface area contributed by atoms with Crippen LogP contribution in [0.4, 0.5) is 0 Å². The molecule has 1 amide bonds. The number of hydrogen-bond acceptors (Lipinski definition) is 5. The van der Waals surface area contributed by atoms with Crippen LogP contribution in [0.3, 0.4) is 0 Å². The maximum Gasteiger partial charge on any atom is 0.320 e. The Balaban J connectivity index is 2.30. The third kappa shape index (κ3) is 4.25. The lowest BCUT2D eigenvalue weighted by Crippen LogP contribution is -2.53. The largest absolute Gasteiger partial charge is 0.480 e. The first-order valence-corrected chi connectivity index (χ1v) is 6.08. The Hall–Kier alpha value is -1.18. The number of amides is 1. The highest BCUT2D eigenvalue weighted by Gasteiger charge is 2.26. The molecule has 0 aromatic carbocycles. The van der Waals surface area contributed by atoms with Crippen LogP contribution in [0.1, 0.15) is 6.92 Å². The molecule has 0 radical (unpaired) electrons. The minimum absolute atomic E-state index is 0.0473. The predicted molar refractivity (Wildman–Crippen MR) is 65.1 cm³/mol. The normalized spacial score (nSPS) is 18.7. The summed E-state index contributed by atoms with van der Waals surface area (Å²) in [4.78, 5) is 26.1. The number of carbonyl (C=O) groups is 2.